The van der Waals surface area contributed by atoms with E-state index in [1.807, 2.05) is 20.8 Å². The van der Waals surface area contributed by atoms with E-state index in [1.165, 1.54) is 0 Å². The van der Waals surface area contributed by atoms with Crippen molar-refractivity contribution in [3.8, 4) is 0 Å². The number of carbonyl (C=O) groups excluding carboxylic acids is 2. The normalized spacial score (nSPS) is 26.8. The summed E-state index contributed by atoms with van der Waals surface area (Å²) >= 11 is 0. The van der Waals surface area contributed by atoms with Gasteiger partial charge in [0.2, 0.25) is 0 Å². The number of rotatable bonds is 2. The number of piperidine rings is 1. The van der Waals surface area contributed by atoms with Crippen molar-refractivity contribution in [2.45, 2.75) is 78.1 Å². The van der Waals surface area contributed by atoms with Crippen molar-refractivity contribution in [1.82, 2.24) is 9.80 Å². The first kappa shape index (κ1) is 28.3. The lowest BCUT2D eigenvalue weighted by atomic mass is 9.83. The molecule has 3 heterocycles. The number of hydrogen-bond donors (Lipinski definition) is 2. The first-order chi connectivity index (χ1) is 13.7. The molecule has 3 aliphatic heterocycles. The molecule has 9 heteroatoms. The van der Waals surface area contributed by atoms with Crippen LogP contribution in [0.4, 0.5) is 4.79 Å². The van der Waals surface area contributed by atoms with E-state index < -0.39 is 5.60 Å². The van der Waals surface area contributed by atoms with Crippen LogP contribution in [0.3, 0.4) is 0 Å². The topological polar surface area (TPSA) is 117 Å². The molecule has 3 fully saturated rings. The van der Waals surface area contributed by atoms with E-state index in [4.69, 9.17) is 24.5 Å². The molecule has 1 amide bonds. The number of aliphatic hydroxyl groups excluding tert-OH is 1. The Morgan fingerprint density at radius 3 is 2.27 bits per heavy atom. The number of carboxylic acid groups (broad SMARTS) is 1. The number of Topliss-reactive ketones (excluding diaryl/α,β-unsaturated/α-hetero) is 1. The van der Waals surface area contributed by atoms with Crippen LogP contribution in [0.5, 0.6) is 0 Å². The average Bonchev–Trinajstić information content (AvgIpc) is 3.03. The van der Waals surface area contributed by atoms with Gasteiger partial charge in [0, 0.05) is 38.2 Å². The van der Waals surface area contributed by atoms with Gasteiger partial charge in [-0.05, 0) is 47.0 Å². The molecule has 0 aromatic rings. The minimum Gasteiger partial charge on any atom is -0.483 e. The molecule has 3 saturated heterocycles. The Kier molecular flexibility index (Phi) is 12.1. The largest absolute Gasteiger partial charge is 0.483 e. The maximum absolute atomic E-state index is 13.0. The predicted octanol–water partition coefficient (Wildman–Crippen LogP) is 2.01. The summed E-state index contributed by atoms with van der Waals surface area (Å²) < 4.78 is 10.9. The van der Waals surface area contributed by atoms with Crippen molar-refractivity contribution < 1.29 is 34.1 Å². The fourth-order valence-electron chi connectivity index (χ4n) is 4.31. The number of hydrogen-bond acceptors (Lipinski definition) is 7. The number of amides is 1. The predicted molar refractivity (Wildman–Crippen MR) is 113 cm³/mol. The monoisotopic (exact) mass is 432 g/mol. The van der Waals surface area contributed by atoms with Crippen molar-refractivity contribution in [2.75, 3.05) is 33.4 Å². The van der Waals surface area contributed by atoms with Gasteiger partial charge in [-0.3, -0.25) is 19.4 Å². The van der Waals surface area contributed by atoms with E-state index in [-0.39, 0.29) is 49.8 Å². The highest BCUT2D eigenvalue weighted by molar-refractivity contribution is 5.92. The maximum Gasteiger partial charge on any atom is 0.411 e. The molecule has 0 aromatic carbocycles. The minimum atomic E-state index is -0.530. The van der Waals surface area contributed by atoms with E-state index in [9.17, 15) is 9.59 Å². The van der Waals surface area contributed by atoms with Gasteiger partial charge in [0.25, 0.3) is 6.47 Å². The number of fused-ring (bicyclic) bond motifs is 2. The van der Waals surface area contributed by atoms with Crippen molar-refractivity contribution >= 4 is 18.3 Å². The Hall–Kier alpha value is -1.71. The molecule has 4 unspecified atom stereocenters. The number of morpholine rings is 1. The standard InChI is InChI=1S/C18H30N2O4.CH2O2.CH4O.CH4/c1-12(19-7-9-23-10-8-19)14-11-13-5-6-15(16(14)21)20(13)17(22)24-18(2,3)4;2-1-3;1-2;/h12-15H,5-11H2,1-4H3;1H,(H,2,3);2H,1H3;1H4. The molecule has 4 atom stereocenters. The Morgan fingerprint density at radius 2 is 1.77 bits per heavy atom. The van der Waals surface area contributed by atoms with Gasteiger partial charge in [-0.1, -0.05) is 7.43 Å². The van der Waals surface area contributed by atoms with Crippen LogP contribution in [0.1, 0.15) is 54.4 Å². The Bertz CT molecular complexity index is 544. The van der Waals surface area contributed by atoms with Crippen LogP contribution in [-0.4, -0.2) is 95.5 Å². The third kappa shape index (κ3) is 7.21. The van der Waals surface area contributed by atoms with Crippen molar-refractivity contribution in [2.24, 2.45) is 5.92 Å². The second-order valence-electron chi connectivity index (χ2n) is 8.37. The molecule has 3 aliphatic rings. The molecule has 0 radical (unpaired) electrons. The summed E-state index contributed by atoms with van der Waals surface area (Å²) in [4.78, 5) is 38.0. The summed E-state index contributed by atoms with van der Waals surface area (Å²) in [6, 6.07) is 0.0495. The van der Waals surface area contributed by atoms with Crippen LogP contribution in [0.2, 0.25) is 0 Å². The zero-order chi connectivity index (χ0) is 22.2. The second-order valence-corrected chi connectivity index (χ2v) is 8.37. The van der Waals surface area contributed by atoms with Gasteiger partial charge in [0.15, 0.2) is 5.78 Å². The van der Waals surface area contributed by atoms with Gasteiger partial charge >= 0.3 is 6.09 Å². The molecule has 2 N–H and O–H groups in total. The molecular formula is C21H40N2O7. The first-order valence-electron chi connectivity index (χ1n) is 10.1. The number of carbonyl (C=O) groups is 3. The van der Waals surface area contributed by atoms with E-state index in [2.05, 4.69) is 11.8 Å². The summed E-state index contributed by atoms with van der Waals surface area (Å²) in [6.07, 6.45) is 2.10. The summed E-state index contributed by atoms with van der Waals surface area (Å²) in [5, 5.41) is 13.9. The highest BCUT2D eigenvalue weighted by Gasteiger charge is 2.51. The Labute approximate surface area is 180 Å². The molecule has 0 spiro atoms. The fraction of sp³-hybridized carbons (Fsp3) is 0.857. The third-order valence-corrected chi connectivity index (χ3v) is 5.53. The molecule has 9 nitrogen and oxygen atoms in total. The van der Waals surface area contributed by atoms with Crippen LogP contribution < -0.4 is 0 Å². The van der Waals surface area contributed by atoms with Crippen LogP contribution >= 0.6 is 0 Å². The number of aliphatic hydroxyl groups is 1. The zero-order valence-corrected chi connectivity index (χ0v) is 18.2. The Morgan fingerprint density at radius 1 is 1.23 bits per heavy atom. The molecule has 30 heavy (non-hydrogen) atoms. The van der Waals surface area contributed by atoms with Crippen LogP contribution in [0, 0.1) is 5.92 Å². The average molecular weight is 433 g/mol. The van der Waals surface area contributed by atoms with E-state index >= 15 is 0 Å². The van der Waals surface area contributed by atoms with Gasteiger partial charge in [-0.2, -0.15) is 0 Å². The SMILES string of the molecule is C.CC(C1CC2CCC(C1=O)N2C(=O)OC(C)(C)C)N1CCOCC1.CO.O=CO. The van der Waals surface area contributed by atoms with Gasteiger partial charge in [-0.25, -0.2) is 4.79 Å². The second kappa shape index (κ2) is 12.9. The van der Waals surface area contributed by atoms with Crippen molar-refractivity contribution in [1.29, 1.82) is 0 Å². The molecule has 0 saturated carbocycles. The molecule has 3 rings (SSSR count). The van der Waals surface area contributed by atoms with Crippen LogP contribution in [-0.2, 0) is 19.1 Å². The van der Waals surface area contributed by atoms with Crippen molar-refractivity contribution in [3.05, 3.63) is 0 Å². The molecule has 0 aliphatic carbocycles. The van der Waals surface area contributed by atoms with E-state index in [0.717, 1.165) is 52.7 Å². The van der Waals surface area contributed by atoms with E-state index in [0.29, 0.717) is 0 Å². The smallest absolute Gasteiger partial charge is 0.411 e. The number of ketones is 1. The first-order valence-corrected chi connectivity index (χ1v) is 10.1. The summed E-state index contributed by atoms with van der Waals surface area (Å²) in [6.45, 7) is 10.7. The van der Waals surface area contributed by atoms with Crippen LogP contribution in [0.25, 0.3) is 0 Å². The Balaban J connectivity index is 0.00000129. The van der Waals surface area contributed by atoms with Gasteiger partial charge in [-0.15, -0.1) is 0 Å². The van der Waals surface area contributed by atoms with Gasteiger partial charge in [0.1, 0.15) is 5.60 Å². The highest BCUT2D eigenvalue weighted by Crippen LogP contribution is 2.39. The third-order valence-electron chi connectivity index (χ3n) is 5.53. The summed E-state index contributed by atoms with van der Waals surface area (Å²) in [5.41, 5.74) is -0.530. The van der Waals surface area contributed by atoms with E-state index in [1.54, 1.807) is 4.90 Å². The summed E-state index contributed by atoms with van der Waals surface area (Å²) in [5.74, 6) is 0.230. The number of ether oxygens (including phenoxy) is 2. The maximum atomic E-state index is 13.0. The molecular weight excluding hydrogens is 392 g/mol. The molecule has 0 aromatic heterocycles. The fourth-order valence-corrected chi connectivity index (χ4v) is 4.31. The number of nitrogens with zero attached hydrogens (tertiary/aromatic N) is 2. The lowest BCUT2D eigenvalue weighted by molar-refractivity contribution is -0.135. The van der Waals surface area contributed by atoms with Gasteiger partial charge in [0.05, 0.1) is 19.3 Å². The summed E-state index contributed by atoms with van der Waals surface area (Å²) in [7, 11) is 1.00. The minimum absolute atomic E-state index is 0. The molecule has 2 bridgehead atoms. The lowest BCUT2D eigenvalue weighted by Gasteiger charge is -2.43. The quantitative estimate of drug-likeness (QED) is 0.637. The lowest BCUT2D eigenvalue weighted by Crippen LogP contribution is -2.58. The van der Waals surface area contributed by atoms with Gasteiger partial charge < -0.3 is 19.7 Å². The highest BCUT2D eigenvalue weighted by atomic mass is 16.6. The van der Waals surface area contributed by atoms with Crippen LogP contribution in [0.15, 0.2) is 0 Å². The molecule has 176 valence electrons. The van der Waals surface area contributed by atoms with Crippen molar-refractivity contribution in [3.63, 3.8) is 0 Å². The zero-order valence-electron chi connectivity index (χ0n) is 18.2.